The third-order valence-electron chi connectivity index (χ3n) is 1.99. The van der Waals surface area contributed by atoms with Gasteiger partial charge in [0.2, 0.25) is 0 Å². The average molecular weight is 275 g/mol. The summed E-state index contributed by atoms with van der Waals surface area (Å²) in [6.45, 7) is -1.76. The zero-order valence-electron chi connectivity index (χ0n) is 8.79. The molecule has 1 aromatic rings. The Hall–Kier alpha value is -1.31. The van der Waals surface area contributed by atoms with Crippen molar-refractivity contribution in [3.05, 3.63) is 35.1 Å². The minimum absolute atomic E-state index is 0.0759. The molecule has 0 heterocycles. The van der Waals surface area contributed by atoms with Crippen LogP contribution in [0.2, 0.25) is 0 Å². The Kier molecular flexibility index (Phi) is 4.20. The highest BCUT2D eigenvalue weighted by molar-refractivity contribution is 5.27. The fraction of sp³-hybridized carbons (Fsp3) is 0.400. The van der Waals surface area contributed by atoms with Gasteiger partial charge < -0.3 is 5.32 Å². The molecule has 0 radical (unpaired) electrons. The molecule has 0 saturated heterocycles. The van der Waals surface area contributed by atoms with Gasteiger partial charge in [0, 0.05) is 6.54 Å². The Morgan fingerprint density at radius 3 is 2.11 bits per heavy atom. The first-order valence-corrected chi connectivity index (χ1v) is 4.73. The number of hydrogen-bond donors (Lipinski definition) is 1. The molecule has 0 fully saturated rings. The van der Waals surface area contributed by atoms with E-state index in [0.29, 0.717) is 12.1 Å². The molecule has 1 N–H and O–H groups in total. The number of rotatable bonds is 3. The van der Waals surface area contributed by atoms with Crippen LogP contribution in [0.15, 0.2) is 18.2 Å². The molecule has 102 valence electrons. The topological polar surface area (TPSA) is 12.0 Å². The van der Waals surface area contributed by atoms with Gasteiger partial charge in [-0.05, 0) is 17.7 Å². The van der Waals surface area contributed by atoms with Gasteiger partial charge >= 0.3 is 12.4 Å². The standard InChI is InChI=1S/C10H8F7N/c11-8-2-1-6(3-7(8)10(15,16)17)4-18-5-9(12,13)14/h1-3,18H,4-5H2. The van der Waals surface area contributed by atoms with Gasteiger partial charge in [0.1, 0.15) is 5.82 Å². The molecular weight excluding hydrogens is 267 g/mol. The van der Waals surface area contributed by atoms with Crippen molar-refractivity contribution >= 4 is 0 Å². The Bertz CT molecular complexity index is 408. The van der Waals surface area contributed by atoms with E-state index < -0.39 is 36.8 Å². The van der Waals surface area contributed by atoms with Crippen LogP contribution in [-0.2, 0) is 12.7 Å². The van der Waals surface area contributed by atoms with Crippen LogP contribution < -0.4 is 5.32 Å². The fourth-order valence-electron chi connectivity index (χ4n) is 1.25. The van der Waals surface area contributed by atoms with Gasteiger partial charge in [0.15, 0.2) is 0 Å². The number of benzene rings is 1. The van der Waals surface area contributed by atoms with Crippen LogP contribution in [0.4, 0.5) is 30.7 Å². The maximum absolute atomic E-state index is 12.9. The molecule has 0 amide bonds. The first-order valence-electron chi connectivity index (χ1n) is 4.73. The van der Waals surface area contributed by atoms with Gasteiger partial charge in [-0.25, -0.2) is 4.39 Å². The van der Waals surface area contributed by atoms with Gasteiger partial charge in [-0.3, -0.25) is 0 Å². The van der Waals surface area contributed by atoms with Gasteiger partial charge in [0.05, 0.1) is 12.1 Å². The van der Waals surface area contributed by atoms with E-state index in [-0.39, 0.29) is 5.56 Å². The monoisotopic (exact) mass is 275 g/mol. The quantitative estimate of drug-likeness (QED) is 0.832. The van der Waals surface area contributed by atoms with E-state index in [0.717, 1.165) is 6.07 Å². The molecular formula is C10H8F7N. The molecule has 0 unspecified atom stereocenters. The summed E-state index contributed by atoms with van der Waals surface area (Å²) >= 11 is 0. The molecule has 0 aliphatic heterocycles. The largest absolute Gasteiger partial charge is 0.419 e. The smallest absolute Gasteiger partial charge is 0.305 e. The lowest BCUT2D eigenvalue weighted by molar-refractivity contribution is -0.140. The Morgan fingerprint density at radius 2 is 1.61 bits per heavy atom. The van der Waals surface area contributed by atoms with Gasteiger partial charge in [0.25, 0.3) is 0 Å². The Balaban J connectivity index is 2.74. The van der Waals surface area contributed by atoms with E-state index in [1.807, 2.05) is 5.32 Å². The van der Waals surface area contributed by atoms with Crippen LogP contribution in [-0.4, -0.2) is 12.7 Å². The molecule has 1 rings (SSSR count). The van der Waals surface area contributed by atoms with Crippen molar-refractivity contribution in [2.45, 2.75) is 18.9 Å². The lowest BCUT2D eigenvalue weighted by Gasteiger charge is -2.11. The van der Waals surface area contributed by atoms with Crippen LogP contribution in [0.5, 0.6) is 0 Å². The molecule has 0 spiro atoms. The van der Waals surface area contributed by atoms with Crippen molar-refractivity contribution in [1.29, 1.82) is 0 Å². The van der Waals surface area contributed by atoms with Crippen LogP contribution >= 0.6 is 0 Å². The molecule has 0 saturated carbocycles. The third-order valence-corrected chi connectivity index (χ3v) is 1.99. The summed E-state index contributed by atoms with van der Waals surface area (Å²) in [4.78, 5) is 0. The predicted octanol–water partition coefficient (Wildman–Crippen LogP) is 3.50. The minimum atomic E-state index is -4.87. The number of halogens is 7. The molecule has 1 nitrogen and oxygen atoms in total. The lowest BCUT2D eigenvalue weighted by atomic mass is 10.1. The molecule has 0 bridgehead atoms. The molecule has 0 aromatic heterocycles. The van der Waals surface area contributed by atoms with Crippen molar-refractivity contribution in [3.8, 4) is 0 Å². The number of hydrogen-bond acceptors (Lipinski definition) is 1. The van der Waals surface area contributed by atoms with Crippen LogP contribution in [0, 0.1) is 5.82 Å². The van der Waals surface area contributed by atoms with Crippen molar-refractivity contribution in [2.24, 2.45) is 0 Å². The van der Waals surface area contributed by atoms with E-state index in [1.165, 1.54) is 0 Å². The van der Waals surface area contributed by atoms with Crippen LogP contribution in [0.1, 0.15) is 11.1 Å². The van der Waals surface area contributed by atoms with E-state index >= 15 is 0 Å². The lowest BCUT2D eigenvalue weighted by Crippen LogP contribution is -2.28. The predicted molar refractivity (Wildman–Crippen MR) is 49.2 cm³/mol. The van der Waals surface area contributed by atoms with Crippen molar-refractivity contribution in [1.82, 2.24) is 5.32 Å². The van der Waals surface area contributed by atoms with Gasteiger partial charge in [-0.2, -0.15) is 26.3 Å². The van der Waals surface area contributed by atoms with Crippen molar-refractivity contribution < 1.29 is 30.7 Å². The normalized spacial score (nSPS) is 12.8. The maximum atomic E-state index is 12.9. The second-order valence-corrected chi connectivity index (χ2v) is 3.53. The SMILES string of the molecule is Fc1ccc(CNCC(F)(F)F)cc1C(F)(F)F. The molecule has 0 aliphatic carbocycles. The Morgan fingerprint density at radius 1 is 1.00 bits per heavy atom. The minimum Gasteiger partial charge on any atom is -0.305 e. The van der Waals surface area contributed by atoms with Crippen LogP contribution in [0.3, 0.4) is 0 Å². The highest BCUT2D eigenvalue weighted by Gasteiger charge is 2.34. The third kappa shape index (κ3) is 4.52. The summed E-state index contributed by atoms with van der Waals surface area (Å²) in [5.41, 5.74) is -1.57. The average Bonchev–Trinajstić information content (AvgIpc) is 2.17. The van der Waals surface area contributed by atoms with Crippen molar-refractivity contribution in [3.63, 3.8) is 0 Å². The van der Waals surface area contributed by atoms with E-state index in [1.54, 1.807) is 0 Å². The zero-order valence-corrected chi connectivity index (χ0v) is 8.79. The first kappa shape index (κ1) is 14.7. The van der Waals surface area contributed by atoms with Crippen LogP contribution in [0.25, 0.3) is 0 Å². The maximum Gasteiger partial charge on any atom is 0.419 e. The van der Waals surface area contributed by atoms with E-state index in [9.17, 15) is 30.7 Å². The molecule has 8 heteroatoms. The second-order valence-electron chi connectivity index (χ2n) is 3.53. The highest BCUT2D eigenvalue weighted by atomic mass is 19.4. The molecule has 18 heavy (non-hydrogen) atoms. The summed E-state index contributed by atoms with van der Waals surface area (Å²) in [7, 11) is 0. The van der Waals surface area contributed by atoms with Gasteiger partial charge in [-0.15, -0.1) is 0 Å². The molecule has 0 atom stereocenters. The second kappa shape index (κ2) is 5.13. The first-order chi connectivity index (χ1) is 8.09. The molecule has 1 aromatic carbocycles. The summed E-state index contributed by atoms with van der Waals surface area (Å²) < 4.78 is 85.1. The Labute approximate surface area is 97.6 Å². The fourth-order valence-corrected chi connectivity index (χ4v) is 1.25. The highest BCUT2D eigenvalue weighted by Crippen LogP contribution is 2.31. The summed E-state index contributed by atoms with van der Waals surface area (Å²) in [6.07, 6.45) is -9.32. The van der Waals surface area contributed by atoms with Crippen molar-refractivity contribution in [2.75, 3.05) is 6.54 Å². The van der Waals surface area contributed by atoms with E-state index in [4.69, 9.17) is 0 Å². The zero-order chi connectivity index (χ0) is 14.0. The van der Waals surface area contributed by atoms with Gasteiger partial charge in [-0.1, -0.05) is 6.07 Å². The number of alkyl halides is 6. The van der Waals surface area contributed by atoms with E-state index in [2.05, 4.69) is 0 Å². The summed E-state index contributed by atoms with van der Waals surface area (Å²) in [6, 6.07) is 2.06. The molecule has 0 aliphatic rings. The summed E-state index contributed by atoms with van der Waals surface area (Å²) in [5, 5.41) is 1.92. The summed E-state index contributed by atoms with van der Waals surface area (Å²) in [5.74, 6) is -1.46. The number of nitrogens with one attached hydrogen (secondary N) is 1.